The number of nitrogens with one attached hydrogen (secondary N) is 8. The molecule has 3 aliphatic rings. The zero-order valence-corrected chi connectivity index (χ0v) is 36.1. The van der Waals surface area contributed by atoms with Crippen LogP contribution in [0.3, 0.4) is 0 Å². The maximum absolute atomic E-state index is 13.0. The van der Waals surface area contributed by atoms with Gasteiger partial charge in [-0.15, -0.1) is 0 Å². The maximum atomic E-state index is 13.0. The second-order valence-electron chi connectivity index (χ2n) is 15.7. The lowest BCUT2D eigenvalue weighted by Gasteiger charge is -2.27. The Morgan fingerprint density at radius 3 is 1.89 bits per heavy atom. The second kappa shape index (κ2) is 21.6. The molecule has 62 heavy (non-hydrogen) atoms. The van der Waals surface area contributed by atoms with Gasteiger partial charge < -0.3 is 42.1 Å². The average Bonchev–Trinajstić information content (AvgIpc) is 3.84. The van der Waals surface area contributed by atoms with Gasteiger partial charge >= 0.3 is 6.03 Å². The molecule has 3 atom stereocenters. The zero-order valence-electron chi connectivity index (χ0n) is 35.3. The summed E-state index contributed by atoms with van der Waals surface area (Å²) in [4.78, 5) is 75.1. The van der Waals surface area contributed by atoms with Crippen LogP contribution in [0.5, 0.6) is 0 Å². The van der Waals surface area contributed by atoms with E-state index in [0.717, 1.165) is 73.4 Å². The summed E-state index contributed by atoms with van der Waals surface area (Å²) >= 11 is 1.88. The molecule has 7 rings (SSSR count). The van der Waals surface area contributed by atoms with E-state index in [4.69, 9.17) is 0 Å². The van der Waals surface area contributed by atoms with Gasteiger partial charge in [-0.1, -0.05) is 66.1 Å². The Kier molecular flexibility index (Phi) is 15.3. The van der Waals surface area contributed by atoms with E-state index in [1.807, 2.05) is 80.2 Å². The number of amides is 5. The van der Waals surface area contributed by atoms with Crippen molar-refractivity contribution in [2.75, 3.05) is 79.0 Å². The Morgan fingerprint density at radius 2 is 1.27 bits per heavy atom. The molecule has 3 fully saturated rings. The minimum Gasteiger partial charge on any atom is -0.354 e. The lowest BCUT2D eigenvalue weighted by Crippen LogP contribution is -2.44. The third-order valence-electron chi connectivity index (χ3n) is 10.8. The summed E-state index contributed by atoms with van der Waals surface area (Å²) < 4.78 is 0. The van der Waals surface area contributed by atoms with Gasteiger partial charge in [0.05, 0.1) is 23.5 Å². The fraction of sp³-hybridized carbons (Fsp3) is 0.465. The Hall–Kier alpha value is -6.08. The smallest absolute Gasteiger partial charge is 0.315 e. The third-order valence-corrected chi connectivity index (χ3v) is 12.3. The van der Waals surface area contributed by atoms with E-state index in [0.29, 0.717) is 60.5 Å². The van der Waals surface area contributed by atoms with E-state index in [2.05, 4.69) is 72.4 Å². The van der Waals surface area contributed by atoms with Gasteiger partial charge in [0.15, 0.2) is 0 Å². The number of thioether (sulfide) groups is 1. The van der Waals surface area contributed by atoms with Gasteiger partial charge in [0.2, 0.25) is 41.5 Å². The van der Waals surface area contributed by atoms with Crippen LogP contribution < -0.4 is 47.4 Å². The van der Waals surface area contributed by atoms with Crippen molar-refractivity contribution in [1.29, 1.82) is 0 Å². The van der Waals surface area contributed by atoms with E-state index < -0.39 is 0 Å². The Bertz CT molecular complexity index is 2110. The van der Waals surface area contributed by atoms with E-state index in [9.17, 15) is 19.2 Å². The van der Waals surface area contributed by atoms with Gasteiger partial charge in [0, 0.05) is 93.8 Å². The van der Waals surface area contributed by atoms with Crippen LogP contribution in [-0.4, -0.2) is 124 Å². The summed E-state index contributed by atoms with van der Waals surface area (Å²) in [7, 11) is 0. The molecule has 0 saturated carbocycles. The molecule has 328 valence electrons. The van der Waals surface area contributed by atoms with E-state index in [1.165, 1.54) is 0 Å². The van der Waals surface area contributed by atoms with E-state index in [1.54, 1.807) is 0 Å². The second-order valence-corrected chi connectivity index (χ2v) is 17.0. The minimum absolute atomic E-state index is 0.00747. The van der Waals surface area contributed by atoms with Crippen LogP contribution in [-0.2, 0) is 14.4 Å². The van der Waals surface area contributed by atoms with Crippen LogP contribution >= 0.6 is 11.8 Å². The number of carbonyl (C=O) groups excluding carboxylic acids is 4. The van der Waals surface area contributed by atoms with Crippen LogP contribution in [0.25, 0.3) is 22.5 Å². The van der Waals surface area contributed by atoms with Crippen LogP contribution in [0, 0.1) is 13.8 Å². The molecule has 19 heteroatoms. The standard InChI is InChI=1S/C43H56N14O4S/c1-27-7-11-29(12-8-27)31-25-32(30-13-9-28(2)10-14-30)50-41(49-31)52-37(60)16-15-36(59)46-18-20-48-40-54-39(55-42(56-40)57-23-21-44-22-24-57)47-19-17-45-35(58)6-4-3-5-34-38-33(26-62-34)51-43(61)53-38/h7-14,25,33-34,38,44H,3-6,15-24,26H2,1-2H3,(H,45,58)(H,46,59)(H2,51,53,61)(H,49,50,52,60)(H2,47,48,54,55,56)/t33-,34-,38-/m0/s1. The summed E-state index contributed by atoms with van der Waals surface area (Å²) in [5, 5.41) is 24.7. The van der Waals surface area contributed by atoms with Crippen molar-refractivity contribution < 1.29 is 19.2 Å². The summed E-state index contributed by atoms with van der Waals surface area (Å²) in [5.41, 5.74) is 5.41. The number of carbonyl (C=O) groups is 4. The van der Waals surface area contributed by atoms with Gasteiger partial charge in [-0.2, -0.15) is 26.7 Å². The first-order chi connectivity index (χ1) is 30.1. The molecule has 3 aliphatic heterocycles. The molecular weight excluding hydrogens is 809 g/mol. The molecule has 18 nitrogen and oxygen atoms in total. The lowest BCUT2D eigenvalue weighted by atomic mass is 10.0. The van der Waals surface area contributed by atoms with Gasteiger partial charge in [-0.3, -0.25) is 19.7 Å². The fourth-order valence-corrected chi connectivity index (χ4v) is 8.94. The maximum Gasteiger partial charge on any atom is 0.315 e. The predicted molar refractivity (Wildman–Crippen MR) is 242 cm³/mol. The Labute approximate surface area is 365 Å². The number of unbranched alkanes of at least 4 members (excludes halogenated alkanes) is 1. The van der Waals surface area contributed by atoms with Crippen molar-refractivity contribution in [2.45, 2.75) is 69.7 Å². The van der Waals surface area contributed by atoms with E-state index >= 15 is 0 Å². The average molecular weight is 865 g/mol. The molecule has 0 aliphatic carbocycles. The number of anilines is 4. The lowest BCUT2D eigenvalue weighted by molar-refractivity contribution is -0.124. The molecule has 4 aromatic rings. The number of fused-ring (bicyclic) bond motifs is 1. The molecule has 8 N–H and O–H groups in total. The molecule has 5 heterocycles. The molecule has 2 aromatic carbocycles. The highest BCUT2D eigenvalue weighted by molar-refractivity contribution is 8.00. The fourth-order valence-electron chi connectivity index (χ4n) is 7.39. The minimum atomic E-state index is -0.369. The predicted octanol–water partition coefficient (Wildman–Crippen LogP) is 3.22. The molecule has 0 spiro atoms. The van der Waals surface area contributed by atoms with Gasteiger partial charge in [-0.25, -0.2) is 14.8 Å². The molecule has 3 saturated heterocycles. The number of benzene rings is 2. The number of aromatic nitrogens is 5. The summed E-state index contributed by atoms with van der Waals surface area (Å²) in [6.45, 7) is 8.59. The molecule has 5 amide bonds. The van der Waals surface area contributed by atoms with Crippen molar-refractivity contribution in [2.24, 2.45) is 0 Å². The highest BCUT2D eigenvalue weighted by Crippen LogP contribution is 2.33. The molecule has 2 aromatic heterocycles. The third kappa shape index (κ3) is 12.7. The number of hydrogen-bond donors (Lipinski definition) is 8. The summed E-state index contributed by atoms with van der Waals surface area (Å²) in [6, 6.07) is 18.2. The number of aryl methyl sites for hydroxylation is 2. The highest BCUT2D eigenvalue weighted by Gasteiger charge is 2.42. The van der Waals surface area contributed by atoms with Crippen LogP contribution in [0.15, 0.2) is 54.6 Å². The number of nitrogens with zero attached hydrogens (tertiary/aromatic N) is 6. The van der Waals surface area contributed by atoms with Gasteiger partial charge in [0.25, 0.3) is 0 Å². The largest absolute Gasteiger partial charge is 0.354 e. The summed E-state index contributed by atoms with van der Waals surface area (Å²) in [6.07, 6.45) is 3.07. The highest BCUT2D eigenvalue weighted by atomic mass is 32.2. The Morgan fingerprint density at radius 1 is 0.694 bits per heavy atom. The SMILES string of the molecule is Cc1ccc(-c2cc(-c3ccc(C)cc3)nc(NC(=O)CCC(=O)NCCNc3nc(NCCNC(=O)CCCC[C@@H]4SC[C@@H]5NC(=O)N[C@@H]54)nc(N4CCNCC4)n3)n2)cc1. The monoisotopic (exact) mass is 864 g/mol. The molecule has 0 radical (unpaired) electrons. The number of rotatable bonds is 20. The first-order valence-corrected chi connectivity index (χ1v) is 22.4. The van der Waals surface area contributed by atoms with Crippen molar-refractivity contribution >= 4 is 59.3 Å². The van der Waals surface area contributed by atoms with Crippen LogP contribution in [0.2, 0.25) is 0 Å². The number of piperazine rings is 1. The van der Waals surface area contributed by atoms with E-state index in [-0.39, 0.29) is 61.2 Å². The molecular formula is C43H56N14O4S. The normalized spacial score (nSPS) is 18.0. The quantitative estimate of drug-likeness (QED) is 0.0471. The van der Waals surface area contributed by atoms with Crippen LogP contribution in [0.4, 0.5) is 28.6 Å². The molecule has 0 bridgehead atoms. The van der Waals surface area contributed by atoms with Crippen LogP contribution in [0.1, 0.15) is 49.7 Å². The zero-order chi connectivity index (χ0) is 43.3. The van der Waals surface area contributed by atoms with Crippen molar-refractivity contribution in [3.8, 4) is 22.5 Å². The van der Waals surface area contributed by atoms with Crippen molar-refractivity contribution in [1.82, 2.24) is 51.5 Å². The van der Waals surface area contributed by atoms with Crippen molar-refractivity contribution in [3.63, 3.8) is 0 Å². The van der Waals surface area contributed by atoms with Crippen molar-refractivity contribution in [3.05, 3.63) is 65.7 Å². The van der Waals surface area contributed by atoms with Gasteiger partial charge in [-0.05, 0) is 32.8 Å². The topological polar surface area (TPSA) is 232 Å². The number of hydrogen-bond acceptors (Lipinski definition) is 14. The molecule has 0 unspecified atom stereocenters. The van der Waals surface area contributed by atoms with Gasteiger partial charge in [0.1, 0.15) is 0 Å². The summed E-state index contributed by atoms with van der Waals surface area (Å²) in [5.74, 6) is 1.71. The Balaban J connectivity index is 0.837. The first kappa shape index (κ1) is 44.0. The number of urea groups is 1. The first-order valence-electron chi connectivity index (χ1n) is 21.4.